The lowest BCUT2D eigenvalue weighted by Crippen LogP contribution is -2.25. The van der Waals surface area contributed by atoms with Gasteiger partial charge >= 0.3 is 0 Å². The van der Waals surface area contributed by atoms with E-state index in [0.29, 0.717) is 5.56 Å². The van der Waals surface area contributed by atoms with Crippen molar-refractivity contribution in [2.75, 3.05) is 11.9 Å². The van der Waals surface area contributed by atoms with Crippen molar-refractivity contribution in [3.63, 3.8) is 0 Å². The molecule has 0 bridgehead atoms. The summed E-state index contributed by atoms with van der Waals surface area (Å²) in [6, 6.07) is 13.6. The Balaban J connectivity index is 1.80. The second kappa shape index (κ2) is 6.95. The molecule has 0 unspecified atom stereocenters. The number of nitrogens with one attached hydrogen (secondary N) is 2. The lowest BCUT2D eigenvalue weighted by atomic mass is 10.2. The van der Waals surface area contributed by atoms with Gasteiger partial charge in [-0.15, -0.1) is 0 Å². The van der Waals surface area contributed by atoms with Crippen LogP contribution < -0.4 is 10.7 Å². The van der Waals surface area contributed by atoms with Gasteiger partial charge in [0.1, 0.15) is 0 Å². The molecule has 0 fully saturated rings. The van der Waals surface area contributed by atoms with E-state index < -0.39 is 0 Å². The van der Waals surface area contributed by atoms with E-state index in [0.717, 1.165) is 5.69 Å². The van der Waals surface area contributed by atoms with Gasteiger partial charge < -0.3 is 15.5 Å². The maximum absolute atomic E-state index is 11.6. The molecule has 0 saturated carbocycles. The van der Waals surface area contributed by atoms with Crippen LogP contribution in [-0.2, 0) is 4.79 Å². The van der Waals surface area contributed by atoms with Crippen molar-refractivity contribution in [1.29, 1.82) is 0 Å². The molecule has 4 N–H and O–H groups in total. The molecule has 0 atom stereocenters. The molecule has 108 valence electrons. The average molecular weight is 285 g/mol. The summed E-state index contributed by atoms with van der Waals surface area (Å²) in [7, 11) is 0. The Labute approximate surface area is 121 Å². The van der Waals surface area contributed by atoms with Gasteiger partial charge in [-0.1, -0.05) is 18.2 Å². The van der Waals surface area contributed by atoms with Crippen LogP contribution in [0.5, 0.6) is 11.5 Å². The Morgan fingerprint density at radius 3 is 2.57 bits per heavy atom. The number of hydrazone groups is 1. The van der Waals surface area contributed by atoms with Crippen molar-refractivity contribution < 1.29 is 15.0 Å². The van der Waals surface area contributed by atoms with Crippen LogP contribution >= 0.6 is 0 Å². The summed E-state index contributed by atoms with van der Waals surface area (Å²) in [5, 5.41) is 25.2. The largest absolute Gasteiger partial charge is 0.504 e. The minimum atomic E-state index is -0.293. The molecule has 0 aliphatic rings. The molecule has 21 heavy (non-hydrogen) atoms. The first-order valence-corrected chi connectivity index (χ1v) is 6.28. The number of hydrogen-bond donors (Lipinski definition) is 4. The molecule has 0 radical (unpaired) electrons. The molecule has 6 nitrogen and oxygen atoms in total. The third-order valence-electron chi connectivity index (χ3n) is 2.63. The predicted octanol–water partition coefficient (Wildman–Crippen LogP) is 1.66. The Hall–Kier alpha value is -3.02. The Bertz CT molecular complexity index is 642. The smallest absolute Gasteiger partial charge is 0.259 e. The number of benzene rings is 2. The quantitative estimate of drug-likeness (QED) is 0.382. The molecule has 6 heteroatoms. The van der Waals surface area contributed by atoms with Crippen molar-refractivity contribution in [3.05, 3.63) is 54.1 Å². The van der Waals surface area contributed by atoms with Crippen LogP contribution in [0.15, 0.2) is 53.6 Å². The van der Waals surface area contributed by atoms with Gasteiger partial charge in [0.15, 0.2) is 11.5 Å². The highest BCUT2D eigenvalue weighted by Gasteiger charge is 2.00. The lowest BCUT2D eigenvalue weighted by molar-refractivity contribution is -0.119. The fraction of sp³-hybridized carbons (Fsp3) is 0.0667. The normalized spacial score (nSPS) is 10.5. The summed E-state index contributed by atoms with van der Waals surface area (Å²) in [6.07, 6.45) is 1.37. The molecule has 2 aromatic carbocycles. The standard InChI is InChI=1S/C15H15N3O3/c19-13-7-6-11(8-14(13)20)9-17-18-15(21)10-16-12-4-2-1-3-5-12/h1-9,16,19-20H,10H2,(H,18,21). The summed E-state index contributed by atoms with van der Waals surface area (Å²) in [5.41, 5.74) is 3.76. The first-order chi connectivity index (χ1) is 10.1. The highest BCUT2D eigenvalue weighted by atomic mass is 16.3. The molecule has 1 amide bonds. The molecular weight excluding hydrogens is 270 g/mol. The first-order valence-electron chi connectivity index (χ1n) is 6.28. The Kier molecular flexibility index (Phi) is 4.76. The van der Waals surface area contributed by atoms with Crippen molar-refractivity contribution >= 4 is 17.8 Å². The third kappa shape index (κ3) is 4.54. The van der Waals surface area contributed by atoms with Crippen molar-refractivity contribution in [2.45, 2.75) is 0 Å². The van der Waals surface area contributed by atoms with Crippen molar-refractivity contribution in [2.24, 2.45) is 5.10 Å². The van der Waals surface area contributed by atoms with Gasteiger partial charge in [0.25, 0.3) is 5.91 Å². The van der Waals surface area contributed by atoms with E-state index in [-0.39, 0.29) is 24.0 Å². The molecular formula is C15H15N3O3. The fourth-order valence-corrected chi connectivity index (χ4v) is 1.58. The van der Waals surface area contributed by atoms with Crippen LogP contribution in [0.1, 0.15) is 5.56 Å². The highest BCUT2D eigenvalue weighted by molar-refractivity contribution is 5.84. The predicted molar refractivity (Wildman–Crippen MR) is 80.4 cm³/mol. The van der Waals surface area contributed by atoms with Gasteiger partial charge in [-0.2, -0.15) is 5.10 Å². The maximum atomic E-state index is 11.6. The van der Waals surface area contributed by atoms with E-state index >= 15 is 0 Å². The molecule has 0 aliphatic heterocycles. The van der Waals surface area contributed by atoms with Crippen molar-refractivity contribution in [1.82, 2.24) is 5.43 Å². The zero-order valence-electron chi connectivity index (χ0n) is 11.2. The Morgan fingerprint density at radius 1 is 1.10 bits per heavy atom. The molecule has 0 aliphatic carbocycles. The number of aromatic hydroxyl groups is 2. The van der Waals surface area contributed by atoms with Gasteiger partial charge in [0.2, 0.25) is 0 Å². The summed E-state index contributed by atoms with van der Waals surface area (Å²) < 4.78 is 0. The van der Waals surface area contributed by atoms with Gasteiger partial charge in [-0.3, -0.25) is 4.79 Å². The summed E-state index contributed by atoms with van der Waals surface area (Å²) in [4.78, 5) is 11.6. The van der Waals surface area contributed by atoms with Gasteiger partial charge in [-0.25, -0.2) is 5.43 Å². The summed E-state index contributed by atoms with van der Waals surface area (Å²) in [5.74, 6) is -0.739. The summed E-state index contributed by atoms with van der Waals surface area (Å²) >= 11 is 0. The SMILES string of the molecule is O=C(CNc1ccccc1)NN=Cc1ccc(O)c(O)c1. The van der Waals surface area contributed by atoms with E-state index in [1.165, 1.54) is 18.3 Å². The highest BCUT2D eigenvalue weighted by Crippen LogP contribution is 2.23. The topological polar surface area (TPSA) is 94.0 Å². The van der Waals surface area contributed by atoms with Gasteiger partial charge in [0.05, 0.1) is 12.8 Å². The summed E-state index contributed by atoms with van der Waals surface area (Å²) in [6.45, 7) is 0.0994. The molecule has 0 spiro atoms. The molecule has 2 rings (SSSR count). The van der Waals surface area contributed by atoms with Crippen LogP contribution in [0.2, 0.25) is 0 Å². The number of rotatable bonds is 5. The number of anilines is 1. The zero-order chi connectivity index (χ0) is 15.1. The number of hydrogen-bond acceptors (Lipinski definition) is 5. The Morgan fingerprint density at radius 2 is 1.86 bits per heavy atom. The maximum Gasteiger partial charge on any atom is 0.259 e. The van der Waals surface area contributed by atoms with Crippen LogP contribution in [-0.4, -0.2) is 28.9 Å². The number of phenols is 2. The van der Waals surface area contributed by atoms with Crippen LogP contribution in [0.3, 0.4) is 0 Å². The fourth-order valence-electron chi connectivity index (χ4n) is 1.58. The van der Waals surface area contributed by atoms with Crippen LogP contribution in [0, 0.1) is 0 Å². The molecule has 0 heterocycles. The zero-order valence-corrected chi connectivity index (χ0v) is 11.2. The van der Waals surface area contributed by atoms with E-state index in [9.17, 15) is 9.90 Å². The number of carbonyl (C=O) groups excluding carboxylic acids is 1. The number of nitrogens with zero attached hydrogens (tertiary/aromatic N) is 1. The lowest BCUT2D eigenvalue weighted by Gasteiger charge is -2.04. The van der Waals surface area contributed by atoms with Crippen LogP contribution in [0.25, 0.3) is 0 Å². The average Bonchev–Trinajstić information content (AvgIpc) is 2.50. The van der Waals surface area contributed by atoms with E-state index in [2.05, 4.69) is 15.8 Å². The number of phenolic OH excluding ortho intramolecular Hbond substituents is 2. The first kappa shape index (κ1) is 14.4. The number of carbonyl (C=O) groups is 1. The second-order valence-electron chi connectivity index (χ2n) is 4.26. The van der Waals surface area contributed by atoms with E-state index in [1.807, 2.05) is 30.3 Å². The van der Waals surface area contributed by atoms with Gasteiger partial charge in [-0.05, 0) is 35.9 Å². The van der Waals surface area contributed by atoms with Crippen molar-refractivity contribution in [3.8, 4) is 11.5 Å². The van der Waals surface area contributed by atoms with E-state index in [1.54, 1.807) is 6.07 Å². The molecule has 0 aromatic heterocycles. The minimum absolute atomic E-state index is 0.0994. The third-order valence-corrected chi connectivity index (χ3v) is 2.63. The van der Waals surface area contributed by atoms with E-state index in [4.69, 9.17) is 5.11 Å². The number of para-hydroxylation sites is 1. The van der Waals surface area contributed by atoms with Gasteiger partial charge in [0, 0.05) is 5.69 Å². The second-order valence-corrected chi connectivity index (χ2v) is 4.26. The van der Waals surface area contributed by atoms with Crippen LogP contribution in [0.4, 0.5) is 5.69 Å². The monoisotopic (exact) mass is 285 g/mol. The number of amides is 1. The molecule has 2 aromatic rings. The molecule has 0 saturated heterocycles. The minimum Gasteiger partial charge on any atom is -0.504 e.